The maximum atomic E-state index is 5.39. The summed E-state index contributed by atoms with van der Waals surface area (Å²) in [5.41, 5.74) is 2.01. The zero-order chi connectivity index (χ0) is 15.1. The fraction of sp³-hybridized carbons (Fsp3) is 0.500. The molecule has 0 aliphatic heterocycles. The second-order valence-electron chi connectivity index (χ2n) is 5.61. The molecule has 3 heteroatoms. The lowest BCUT2D eigenvalue weighted by molar-refractivity contribution is 0.418. The first kappa shape index (κ1) is 15.8. The smallest absolute Gasteiger partial charge is 0.145 e. The van der Waals surface area contributed by atoms with Crippen LogP contribution in [0.1, 0.15) is 45.2 Å². The van der Waals surface area contributed by atoms with Gasteiger partial charge in [0.1, 0.15) is 11.3 Å². The second-order valence-corrected chi connectivity index (χ2v) is 5.61. The van der Waals surface area contributed by atoms with E-state index in [1.807, 2.05) is 12.1 Å². The van der Waals surface area contributed by atoms with Gasteiger partial charge in [0.15, 0.2) is 0 Å². The van der Waals surface area contributed by atoms with Gasteiger partial charge in [-0.3, -0.25) is 0 Å². The Balaban J connectivity index is 1.99. The molecule has 0 fully saturated rings. The molecule has 1 aromatic carbocycles. The highest BCUT2D eigenvalue weighted by atomic mass is 16.5. The summed E-state index contributed by atoms with van der Waals surface area (Å²) >= 11 is 0. The molecule has 0 amide bonds. The van der Waals surface area contributed by atoms with E-state index in [0.717, 1.165) is 28.9 Å². The van der Waals surface area contributed by atoms with Crippen LogP contribution in [0.15, 0.2) is 30.3 Å². The third-order valence-corrected chi connectivity index (χ3v) is 3.83. The minimum absolute atomic E-state index is 0.534. The summed E-state index contributed by atoms with van der Waals surface area (Å²) < 4.78 is 5.39. The Kier molecular flexibility index (Phi) is 6.00. The van der Waals surface area contributed by atoms with Crippen LogP contribution in [0.4, 0.5) is 0 Å². The zero-order valence-corrected chi connectivity index (χ0v) is 13.4. The van der Waals surface area contributed by atoms with E-state index in [2.05, 4.69) is 37.4 Å². The van der Waals surface area contributed by atoms with E-state index in [1.165, 1.54) is 25.7 Å². The van der Waals surface area contributed by atoms with E-state index in [9.17, 15) is 0 Å². The predicted octanol–water partition coefficient (Wildman–Crippen LogP) is 4.30. The monoisotopic (exact) mass is 286 g/mol. The van der Waals surface area contributed by atoms with Crippen LogP contribution in [-0.2, 0) is 6.54 Å². The number of fused-ring (bicyclic) bond motifs is 1. The van der Waals surface area contributed by atoms with E-state index in [1.54, 1.807) is 7.11 Å². The number of hydrogen-bond acceptors (Lipinski definition) is 3. The van der Waals surface area contributed by atoms with Crippen molar-refractivity contribution in [2.75, 3.05) is 7.11 Å². The van der Waals surface area contributed by atoms with Crippen molar-refractivity contribution in [3.8, 4) is 5.75 Å². The summed E-state index contributed by atoms with van der Waals surface area (Å²) in [4.78, 5) is 4.73. The largest absolute Gasteiger partial charge is 0.494 e. The Morgan fingerprint density at radius 3 is 2.81 bits per heavy atom. The summed E-state index contributed by atoms with van der Waals surface area (Å²) in [6, 6.07) is 10.8. The molecular formula is C18H26N2O. The van der Waals surface area contributed by atoms with Gasteiger partial charge in [-0.1, -0.05) is 44.4 Å². The van der Waals surface area contributed by atoms with Crippen LogP contribution in [0.25, 0.3) is 10.9 Å². The number of ether oxygens (including phenoxy) is 1. The number of rotatable bonds is 8. The Bertz CT molecular complexity index is 568. The van der Waals surface area contributed by atoms with E-state index < -0.39 is 0 Å². The van der Waals surface area contributed by atoms with Gasteiger partial charge in [-0.2, -0.15) is 0 Å². The molecule has 1 unspecified atom stereocenters. The number of para-hydroxylation sites is 1. The third kappa shape index (κ3) is 4.43. The van der Waals surface area contributed by atoms with Crippen molar-refractivity contribution in [1.29, 1.82) is 0 Å². The number of unbranched alkanes of at least 4 members (excludes halogenated alkanes) is 2. The van der Waals surface area contributed by atoms with Gasteiger partial charge in [0.2, 0.25) is 0 Å². The summed E-state index contributed by atoms with van der Waals surface area (Å²) in [5, 5.41) is 4.68. The number of hydrogen-bond donors (Lipinski definition) is 1. The molecule has 1 atom stereocenters. The average molecular weight is 286 g/mol. The predicted molar refractivity (Wildman–Crippen MR) is 88.7 cm³/mol. The van der Waals surface area contributed by atoms with Gasteiger partial charge in [-0.05, 0) is 25.5 Å². The molecule has 1 N–H and O–H groups in total. The molecule has 114 valence electrons. The molecule has 0 aliphatic carbocycles. The van der Waals surface area contributed by atoms with Gasteiger partial charge in [0, 0.05) is 18.0 Å². The molecule has 2 aromatic rings. The SMILES string of the molecule is CCCCCC(C)NCc1ccc2cccc(OC)c2n1. The fourth-order valence-corrected chi connectivity index (χ4v) is 2.50. The maximum Gasteiger partial charge on any atom is 0.145 e. The van der Waals surface area contributed by atoms with Gasteiger partial charge in [0.05, 0.1) is 12.8 Å². The van der Waals surface area contributed by atoms with E-state index in [-0.39, 0.29) is 0 Å². The molecule has 0 bridgehead atoms. The summed E-state index contributed by atoms with van der Waals surface area (Å²) in [7, 11) is 1.69. The van der Waals surface area contributed by atoms with Crippen LogP contribution in [0.2, 0.25) is 0 Å². The molecule has 21 heavy (non-hydrogen) atoms. The number of aromatic nitrogens is 1. The van der Waals surface area contributed by atoms with Crippen molar-refractivity contribution in [2.24, 2.45) is 0 Å². The third-order valence-electron chi connectivity index (χ3n) is 3.83. The Morgan fingerprint density at radius 1 is 1.19 bits per heavy atom. The molecule has 1 heterocycles. The van der Waals surface area contributed by atoms with Crippen LogP contribution in [-0.4, -0.2) is 18.1 Å². The molecule has 0 radical (unpaired) electrons. The number of benzene rings is 1. The molecule has 0 spiro atoms. The second kappa shape index (κ2) is 7.99. The van der Waals surface area contributed by atoms with Crippen molar-refractivity contribution < 1.29 is 4.74 Å². The van der Waals surface area contributed by atoms with Crippen molar-refractivity contribution in [1.82, 2.24) is 10.3 Å². The first-order valence-electron chi connectivity index (χ1n) is 7.90. The zero-order valence-electron chi connectivity index (χ0n) is 13.4. The van der Waals surface area contributed by atoms with Crippen LogP contribution in [0.3, 0.4) is 0 Å². The topological polar surface area (TPSA) is 34.1 Å². The van der Waals surface area contributed by atoms with E-state index in [4.69, 9.17) is 9.72 Å². The van der Waals surface area contributed by atoms with E-state index in [0.29, 0.717) is 6.04 Å². The highest BCUT2D eigenvalue weighted by Gasteiger charge is 2.06. The number of pyridine rings is 1. The number of nitrogens with one attached hydrogen (secondary N) is 1. The highest BCUT2D eigenvalue weighted by molar-refractivity contribution is 5.84. The Hall–Kier alpha value is -1.61. The van der Waals surface area contributed by atoms with Gasteiger partial charge >= 0.3 is 0 Å². The standard InChI is InChI=1S/C18H26N2O/c1-4-5-6-8-14(2)19-13-16-12-11-15-9-7-10-17(21-3)18(15)20-16/h7,9-12,14,19H,4-6,8,13H2,1-3H3. The van der Waals surface area contributed by atoms with E-state index >= 15 is 0 Å². The molecule has 0 saturated carbocycles. The molecular weight excluding hydrogens is 260 g/mol. The average Bonchev–Trinajstić information content (AvgIpc) is 2.52. The first-order chi connectivity index (χ1) is 10.2. The van der Waals surface area contributed by atoms with Crippen LogP contribution >= 0.6 is 0 Å². The number of nitrogens with zero attached hydrogens (tertiary/aromatic N) is 1. The van der Waals surface area contributed by atoms with Gasteiger partial charge in [0.25, 0.3) is 0 Å². The molecule has 0 saturated heterocycles. The normalized spacial score (nSPS) is 12.5. The minimum Gasteiger partial charge on any atom is -0.494 e. The quantitative estimate of drug-likeness (QED) is 0.735. The summed E-state index contributed by atoms with van der Waals surface area (Å²) in [6.07, 6.45) is 5.12. The van der Waals surface area contributed by atoms with Crippen LogP contribution in [0.5, 0.6) is 5.75 Å². The van der Waals surface area contributed by atoms with Gasteiger partial charge in [-0.15, -0.1) is 0 Å². The lowest BCUT2D eigenvalue weighted by Gasteiger charge is -2.13. The molecule has 1 aromatic heterocycles. The Labute approximate surface area is 127 Å². The summed E-state index contributed by atoms with van der Waals surface area (Å²) in [6.45, 7) is 5.29. The summed E-state index contributed by atoms with van der Waals surface area (Å²) in [5.74, 6) is 0.838. The van der Waals surface area contributed by atoms with Crippen molar-refractivity contribution in [3.63, 3.8) is 0 Å². The van der Waals surface area contributed by atoms with Gasteiger partial charge in [-0.25, -0.2) is 4.98 Å². The Morgan fingerprint density at radius 2 is 2.05 bits per heavy atom. The fourth-order valence-electron chi connectivity index (χ4n) is 2.50. The minimum atomic E-state index is 0.534. The van der Waals surface area contributed by atoms with Crippen molar-refractivity contribution in [2.45, 2.75) is 52.1 Å². The number of methoxy groups -OCH3 is 1. The molecule has 3 nitrogen and oxygen atoms in total. The van der Waals surface area contributed by atoms with Crippen LogP contribution in [0, 0.1) is 0 Å². The lowest BCUT2D eigenvalue weighted by Crippen LogP contribution is -2.25. The maximum absolute atomic E-state index is 5.39. The lowest BCUT2D eigenvalue weighted by atomic mass is 10.1. The van der Waals surface area contributed by atoms with Gasteiger partial charge < -0.3 is 10.1 Å². The first-order valence-corrected chi connectivity index (χ1v) is 7.90. The highest BCUT2D eigenvalue weighted by Crippen LogP contribution is 2.23. The van der Waals surface area contributed by atoms with Crippen molar-refractivity contribution >= 4 is 10.9 Å². The van der Waals surface area contributed by atoms with Crippen LogP contribution < -0.4 is 10.1 Å². The molecule has 2 rings (SSSR count). The van der Waals surface area contributed by atoms with Crippen molar-refractivity contribution in [3.05, 3.63) is 36.0 Å². The molecule has 0 aliphatic rings.